The van der Waals surface area contributed by atoms with Gasteiger partial charge >= 0.3 is 17.3 Å². The molecule has 0 aliphatic carbocycles. The molecule has 8 heteroatoms. The van der Waals surface area contributed by atoms with E-state index in [0.717, 1.165) is 10.9 Å². The normalized spacial score (nSPS) is 12.4. The van der Waals surface area contributed by atoms with Crippen molar-refractivity contribution in [2.24, 2.45) is 5.73 Å². The van der Waals surface area contributed by atoms with Gasteiger partial charge in [0.1, 0.15) is 12.4 Å². The summed E-state index contributed by atoms with van der Waals surface area (Å²) < 4.78 is 0.917. The molecular formula is C6H8N4O4. The van der Waals surface area contributed by atoms with Crippen LogP contribution in [0.3, 0.4) is 0 Å². The maximum atomic E-state index is 11.0. The molecule has 0 aliphatic rings. The molecule has 1 rings (SSSR count). The highest BCUT2D eigenvalue weighted by atomic mass is 16.4. The summed E-state index contributed by atoms with van der Waals surface area (Å²) in [5, 5.41) is 8.46. The Balaban J connectivity index is 2.93. The minimum absolute atomic E-state index is 0.238. The number of carboxylic acid groups (broad SMARTS) is 1. The average molecular weight is 200 g/mol. The SMILES string of the molecule is NC(Cn1cnc(=O)[nH]c1=O)C(=O)O. The zero-order valence-corrected chi connectivity index (χ0v) is 7.01. The Kier molecular flexibility index (Phi) is 2.77. The third-order valence-electron chi connectivity index (χ3n) is 1.50. The highest BCUT2D eigenvalue weighted by Gasteiger charge is 2.12. The van der Waals surface area contributed by atoms with Crippen molar-refractivity contribution in [3.8, 4) is 0 Å². The summed E-state index contributed by atoms with van der Waals surface area (Å²) in [5.41, 5.74) is 3.66. The number of carbonyl (C=O) groups is 1. The van der Waals surface area contributed by atoms with Gasteiger partial charge < -0.3 is 10.8 Å². The van der Waals surface area contributed by atoms with Gasteiger partial charge in [-0.3, -0.25) is 14.3 Å². The molecule has 0 saturated carbocycles. The lowest BCUT2D eigenvalue weighted by molar-refractivity contribution is -0.138. The molecular weight excluding hydrogens is 192 g/mol. The van der Waals surface area contributed by atoms with Crippen LogP contribution < -0.4 is 17.1 Å². The van der Waals surface area contributed by atoms with E-state index in [4.69, 9.17) is 10.8 Å². The van der Waals surface area contributed by atoms with Gasteiger partial charge in [-0.15, -0.1) is 0 Å². The summed E-state index contributed by atoms with van der Waals surface area (Å²) in [6, 6.07) is -1.21. The first-order chi connectivity index (χ1) is 6.50. The fraction of sp³-hybridized carbons (Fsp3) is 0.333. The zero-order chi connectivity index (χ0) is 10.7. The topological polar surface area (TPSA) is 131 Å². The second kappa shape index (κ2) is 3.83. The summed E-state index contributed by atoms with van der Waals surface area (Å²) in [7, 11) is 0. The third-order valence-corrected chi connectivity index (χ3v) is 1.50. The van der Waals surface area contributed by atoms with E-state index in [1.807, 2.05) is 4.98 Å². The molecule has 0 aromatic carbocycles. The zero-order valence-electron chi connectivity index (χ0n) is 7.01. The van der Waals surface area contributed by atoms with Crippen LogP contribution in [0.25, 0.3) is 0 Å². The first-order valence-corrected chi connectivity index (χ1v) is 3.65. The second-order valence-corrected chi connectivity index (χ2v) is 2.58. The fourth-order valence-electron chi connectivity index (χ4n) is 0.790. The number of nitrogens with two attached hydrogens (primary N) is 1. The van der Waals surface area contributed by atoms with E-state index >= 15 is 0 Å². The number of aromatic nitrogens is 3. The Labute approximate surface area is 77.0 Å². The largest absolute Gasteiger partial charge is 0.480 e. The predicted molar refractivity (Wildman–Crippen MR) is 44.7 cm³/mol. The van der Waals surface area contributed by atoms with Crippen LogP contribution in [0.5, 0.6) is 0 Å². The molecule has 1 aromatic rings. The van der Waals surface area contributed by atoms with Gasteiger partial charge in [-0.25, -0.2) is 9.59 Å². The van der Waals surface area contributed by atoms with Gasteiger partial charge in [-0.1, -0.05) is 0 Å². The number of nitrogens with zero attached hydrogens (tertiary/aromatic N) is 2. The monoisotopic (exact) mass is 200 g/mol. The number of hydrogen-bond acceptors (Lipinski definition) is 5. The van der Waals surface area contributed by atoms with E-state index in [1.54, 1.807) is 0 Å². The van der Waals surface area contributed by atoms with Crippen LogP contribution in [0.15, 0.2) is 15.9 Å². The molecule has 0 aliphatic heterocycles. The number of rotatable bonds is 3. The summed E-state index contributed by atoms with van der Waals surface area (Å²) in [5.74, 6) is -1.23. The Morgan fingerprint density at radius 1 is 1.71 bits per heavy atom. The highest BCUT2D eigenvalue weighted by Crippen LogP contribution is 1.82. The molecule has 1 atom stereocenters. The molecule has 0 radical (unpaired) electrons. The maximum Gasteiger partial charge on any atom is 0.350 e. The molecule has 14 heavy (non-hydrogen) atoms. The van der Waals surface area contributed by atoms with E-state index in [2.05, 4.69) is 4.98 Å². The smallest absolute Gasteiger partial charge is 0.350 e. The molecule has 1 unspecified atom stereocenters. The number of hydrogen-bond donors (Lipinski definition) is 3. The first-order valence-electron chi connectivity index (χ1n) is 3.65. The van der Waals surface area contributed by atoms with Gasteiger partial charge in [-0.2, -0.15) is 4.98 Å². The van der Waals surface area contributed by atoms with Gasteiger partial charge in [0.25, 0.3) is 0 Å². The number of nitrogens with one attached hydrogen (secondary N) is 1. The quantitative estimate of drug-likeness (QED) is 0.488. The van der Waals surface area contributed by atoms with Crippen molar-refractivity contribution in [2.45, 2.75) is 12.6 Å². The predicted octanol–water partition coefficient (Wildman–Crippen LogP) is -2.66. The first kappa shape index (κ1) is 10.1. The number of aliphatic carboxylic acids is 1. The van der Waals surface area contributed by atoms with Crippen molar-refractivity contribution in [3.63, 3.8) is 0 Å². The van der Waals surface area contributed by atoms with Gasteiger partial charge in [0.15, 0.2) is 0 Å². The lowest BCUT2D eigenvalue weighted by Crippen LogP contribution is -2.40. The number of H-pyrrole nitrogens is 1. The molecule has 0 fully saturated rings. The standard InChI is InChI=1S/C6H8N4O4/c7-3(4(11)12)1-10-2-8-5(13)9-6(10)14/h2-3H,1,7H2,(H,11,12)(H,9,13,14). The molecule has 1 heterocycles. The lowest BCUT2D eigenvalue weighted by Gasteiger charge is -2.06. The van der Waals surface area contributed by atoms with Crippen LogP contribution in [0, 0.1) is 0 Å². The van der Waals surface area contributed by atoms with E-state index in [9.17, 15) is 14.4 Å². The highest BCUT2D eigenvalue weighted by molar-refractivity contribution is 5.72. The van der Waals surface area contributed by atoms with Crippen molar-refractivity contribution in [3.05, 3.63) is 27.3 Å². The molecule has 4 N–H and O–H groups in total. The maximum absolute atomic E-state index is 11.0. The molecule has 8 nitrogen and oxygen atoms in total. The van der Waals surface area contributed by atoms with Gasteiger partial charge in [0.05, 0.1) is 6.54 Å². The van der Waals surface area contributed by atoms with Crippen LogP contribution in [-0.4, -0.2) is 31.7 Å². The summed E-state index contributed by atoms with van der Waals surface area (Å²) in [6.07, 6.45) is 0.948. The average Bonchev–Trinajstić information content (AvgIpc) is 2.09. The van der Waals surface area contributed by atoms with E-state index in [-0.39, 0.29) is 6.54 Å². The van der Waals surface area contributed by atoms with Crippen molar-refractivity contribution in [1.82, 2.24) is 14.5 Å². The Hall–Kier alpha value is -1.96. The lowest BCUT2D eigenvalue weighted by atomic mass is 10.3. The fourth-order valence-corrected chi connectivity index (χ4v) is 0.790. The van der Waals surface area contributed by atoms with Crippen molar-refractivity contribution < 1.29 is 9.90 Å². The van der Waals surface area contributed by atoms with Crippen LogP contribution in [0.1, 0.15) is 0 Å². The minimum Gasteiger partial charge on any atom is -0.480 e. The minimum atomic E-state index is -1.23. The number of aromatic amines is 1. The van der Waals surface area contributed by atoms with Gasteiger partial charge in [-0.05, 0) is 0 Å². The molecule has 0 saturated heterocycles. The van der Waals surface area contributed by atoms with Crippen molar-refractivity contribution in [2.75, 3.05) is 0 Å². The summed E-state index contributed by atoms with van der Waals surface area (Å²) >= 11 is 0. The van der Waals surface area contributed by atoms with E-state index in [1.165, 1.54) is 0 Å². The second-order valence-electron chi connectivity index (χ2n) is 2.58. The van der Waals surface area contributed by atoms with Gasteiger partial charge in [0, 0.05) is 0 Å². The summed E-state index contributed by atoms with van der Waals surface area (Å²) in [4.78, 5) is 37.0. The third kappa shape index (κ3) is 2.26. The van der Waals surface area contributed by atoms with Crippen LogP contribution in [0.4, 0.5) is 0 Å². The Morgan fingerprint density at radius 3 is 2.86 bits per heavy atom. The Bertz CT molecular complexity index is 448. The van der Waals surface area contributed by atoms with E-state index in [0.29, 0.717) is 0 Å². The molecule has 0 amide bonds. The van der Waals surface area contributed by atoms with Gasteiger partial charge in [0.2, 0.25) is 0 Å². The molecule has 0 spiro atoms. The number of carboxylic acids is 1. The van der Waals surface area contributed by atoms with Crippen molar-refractivity contribution in [1.29, 1.82) is 0 Å². The van der Waals surface area contributed by atoms with E-state index < -0.39 is 23.4 Å². The molecule has 1 aromatic heterocycles. The van der Waals surface area contributed by atoms with Crippen LogP contribution in [0.2, 0.25) is 0 Å². The Morgan fingerprint density at radius 2 is 2.36 bits per heavy atom. The summed E-state index contributed by atoms with van der Waals surface area (Å²) in [6.45, 7) is -0.238. The van der Waals surface area contributed by atoms with Crippen molar-refractivity contribution >= 4 is 5.97 Å². The van der Waals surface area contributed by atoms with Crippen LogP contribution >= 0.6 is 0 Å². The van der Waals surface area contributed by atoms with Crippen LogP contribution in [-0.2, 0) is 11.3 Å². The molecule has 76 valence electrons. The molecule has 0 bridgehead atoms.